The fourth-order valence-electron chi connectivity index (χ4n) is 1.43. The molecule has 0 aliphatic heterocycles. The molecule has 1 aromatic rings. The van der Waals surface area contributed by atoms with Crippen molar-refractivity contribution >= 4 is 5.97 Å². The van der Waals surface area contributed by atoms with Gasteiger partial charge in [0.15, 0.2) is 0 Å². The molecule has 1 aromatic carbocycles. The van der Waals surface area contributed by atoms with Crippen molar-refractivity contribution in [1.29, 1.82) is 0 Å². The average Bonchev–Trinajstić information content (AvgIpc) is 2.27. The minimum atomic E-state index is -0.784. The van der Waals surface area contributed by atoms with Crippen LogP contribution < -0.4 is 0 Å². The highest BCUT2D eigenvalue weighted by Gasteiger charge is 2.20. The second kappa shape index (κ2) is 4.94. The summed E-state index contributed by atoms with van der Waals surface area (Å²) in [6.07, 6.45) is 0. The van der Waals surface area contributed by atoms with Crippen LogP contribution in [0.2, 0.25) is 0 Å². The number of benzene rings is 1. The lowest BCUT2D eigenvalue weighted by atomic mass is 9.89. The molecule has 0 heterocycles. The highest BCUT2D eigenvalue weighted by atomic mass is 16.4. The van der Waals surface area contributed by atoms with E-state index in [1.54, 1.807) is 6.92 Å². The van der Waals surface area contributed by atoms with Crippen molar-refractivity contribution in [3.05, 3.63) is 35.4 Å². The first-order chi connectivity index (χ1) is 7.06. The standard InChI is InChI=1S/C12H16O3/c1-8(9(2)12(14)15)11-5-3-10(7-13)4-6-11/h3-6,8-9,13H,7H2,1-2H3,(H,14,15). The first kappa shape index (κ1) is 11.7. The predicted octanol–water partition coefficient (Wildman–Crippen LogP) is 2.00. The van der Waals surface area contributed by atoms with Gasteiger partial charge in [-0.2, -0.15) is 0 Å². The predicted molar refractivity (Wildman–Crippen MR) is 57.6 cm³/mol. The van der Waals surface area contributed by atoms with Gasteiger partial charge in [-0.25, -0.2) is 0 Å². The van der Waals surface area contributed by atoms with Crippen LogP contribution in [0.25, 0.3) is 0 Å². The monoisotopic (exact) mass is 208 g/mol. The van der Waals surface area contributed by atoms with Crippen molar-refractivity contribution in [2.45, 2.75) is 26.4 Å². The molecule has 2 unspecified atom stereocenters. The van der Waals surface area contributed by atoms with Crippen LogP contribution in [0.15, 0.2) is 24.3 Å². The maximum atomic E-state index is 10.8. The van der Waals surface area contributed by atoms with Crippen LogP contribution in [0.1, 0.15) is 30.9 Å². The molecule has 0 bridgehead atoms. The fourth-order valence-corrected chi connectivity index (χ4v) is 1.43. The van der Waals surface area contributed by atoms with E-state index in [4.69, 9.17) is 10.2 Å². The Morgan fingerprint density at radius 1 is 1.27 bits per heavy atom. The molecule has 0 radical (unpaired) electrons. The molecule has 0 spiro atoms. The summed E-state index contributed by atoms with van der Waals surface area (Å²) in [6, 6.07) is 7.38. The van der Waals surface area contributed by atoms with Crippen molar-refractivity contribution in [3.8, 4) is 0 Å². The van der Waals surface area contributed by atoms with Crippen LogP contribution in [-0.2, 0) is 11.4 Å². The Labute approximate surface area is 89.4 Å². The molecule has 3 nitrogen and oxygen atoms in total. The van der Waals surface area contributed by atoms with Gasteiger partial charge in [-0.05, 0) is 17.0 Å². The molecule has 0 amide bonds. The number of hydrogen-bond donors (Lipinski definition) is 2. The number of aliphatic hydroxyl groups is 1. The van der Waals surface area contributed by atoms with Gasteiger partial charge in [0.2, 0.25) is 0 Å². The van der Waals surface area contributed by atoms with Gasteiger partial charge < -0.3 is 10.2 Å². The largest absolute Gasteiger partial charge is 0.481 e. The van der Waals surface area contributed by atoms with E-state index in [0.717, 1.165) is 11.1 Å². The quantitative estimate of drug-likeness (QED) is 0.795. The minimum Gasteiger partial charge on any atom is -0.481 e. The zero-order valence-corrected chi connectivity index (χ0v) is 8.97. The zero-order chi connectivity index (χ0) is 11.4. The molecule has 3 heteroatoms. The molecule has 15 heavy (non-hydrogen) atoms. The molecule has 82 valence electrons. The van der Waals surface area contributed by atoms with E-state index in [1.807, 2.05) is 31.2 Å². The third-order valence-corrected chi connectivity index (χ3v) is 2.83. The first-order valence-electron chi connectivity index (χ1n) is 4.98. The molecule has 0 fully saturated rings. The van der Waals surface area contributed by atoms with Gasteiger partial charge in [-0.15, -0.1) is 0 Å². The van der Waals surface area contributed by atoms with E-state index < -0.39 is 11.9 Å². The minimum absolute atomic E-state index is 0.0170. The number of rotatable bonds is 4. The summed E-state index contributed by atoms with van der Waals surface area (Å²) in [4.78, 5) is 10.8. The molecular weight excluding hydrogens is 192 g/mol. The molecule has 1 rings (SSSR count). The Bertz CT molecular complexity index is 329. The molecular formula is C12H16O3. The summed E-state index contributed by atoms with van der Waals surface area (Å²) in [6.45, 7) is 3.61. The molecule has 0 aromatic heterocycles. The number of carbonyl (C=O) groups is 1. The fraction of sp³-hybridized carbons (Fsp3) is 0.417. The number of hydrogen-bond acceptors (Lipinski definition) is 2. The Morgan fingerprint density at radius 2 is 1.80 bits per heavy atom. The van der Waals surface area contributed by atoms with E-state index in [0.29, 0.717) is 0 Å². The smallest absolute Gasteiger partial charge is 0.306 e. The van der Waals surface area contributed by atoms with E-state index in [1.165, 1.54) is 0 Å². The van der Waals surface area contributed by atoms with Crippen molar-refractivity contribution in [1.82, 2.24) is 0 Å². The average molecular weight is 208 g/mol. The van der Waals surface area contributed by atoms with Gasteiger partial charge in [-0.1, -0.05) is 38.1 Å². The first-order valence-corrected chi connectivity index (χ1v) is 4.98. The lowest BCUT2D eigenvalue weighted by Gasteiger charge is -2.16. The van der Waals surface area contributed by atoms with Crippen LogP contribution >= 0.6 is 0 Å². The highest BCUT2D eigenvalue weighted by molar-refractivity contribution is 5.70. The van der Waals surface area contributed by atoms with Gasteiger partial charge in [0.1, 0.15) is 0 Å². The van der Waals surface area contributed by atoms with Crippen LogP contribution in [0, 0.1) is 5.92 Å². The third-order valence-electron chi connectivity index (χ3n) is 2.83. The number of carboxylic acid groups (broad SMARTS) is 1. The lowest BCUT2D eigenvalue weighted by molar-refractivity contribution is -0.141. The van der Waals surface area contributed by atoms with Gasteiger partial charge >= 0.3 is 5.97 Å². The summed E-state index contributed by atoms with van der Waals surface area (Å²) in [5.74, 6) is -1.20. The Hall–Kier alpha value is -1.35. The summed E-state index contributed by atoms with van der Waals surface area (Å²) >= 11 is 0. The maximum absolute atomic E-state index is 10.8. The normalized spacial score (nSPS) is 14.6. The highest BCUT2D eigenvalue weighted by Crippen LogP contribution is 2.24. The summed E-state index contributed by atoms with van der Waals surface area (Å²) in [7, 11) is 0. The van der Waals surface area contributed by atoms with Crippen molar-refractivity contribution < 1.29 is 15.0 Å². The van der Waals surface area contributed by atoms with Gasteiger partial charge in [0.05, 0.1) is 12.5 Å². The van der Waals surface area contributed by atoms with E-state index in [9.17, 15) is 4.79 Å². The van der Waals surface area contributed by atoms with Crippen molar-refractivity contribution in [3.63, 3.8) is 0 Å². The SMILES string of the molecule is CC(C(=O)O)C(C)c1ccc(CO)cc1. The second-order valence-corrected chi connectivity index (χ2v) is 3.82. The molecule has 2 atom stereocenters. The molecule has 0 saturated carbocycles. The van der Waals surface area contributed by atoms with E-state index in [-0.39, 0.29) is 12.5 Å². The molecule has 0 aliphatic rings. The molecule has 0 saturated heterocycles. The van der Waals surface area contributed by atoms with Crippen molar-refractivity contribution in [2.75, 3.05) is 0 Å². The van der Waals surface area contributed by atoms with Gasteiger partial charge in [0.25, 0.3) is 0 Å². The van der Waals surface area contributed by atoms with E-state index >= 15 is 0 Å². The second-order valence-electron chi connectivity index (χ2n) is 3.82. The zero-order valence-electron chi connectivity index (χ0n) is 8.97. The lowest BCUT2D eigenvalue weighted by Crippen LogP contribution is -2.16. The van der Waals surface area contributed by atoms with Gasteiger partial charge in [0, 0.05) is 0 Å². The topological polar surface area (TPSA) is 57.5 Å². The summed E-state index contributed by atoms with van der Waals surface area (Å²) < 4.78 is 0. The maximum Gasteiger partial charge on any atom is 0.306 e. The Kier molecular flexibility index (Phi) is 3.86. The van der Waals surface area contributed by atoms with E-state index in [2.05, 4.69) is 0 Å². The summed E-state index contributed by atoms with van der Waals surface area (Å²) in [5.41, 5.74) is 1.83. The molecule has 0 aliphatic carbocycles. The number of aliphatic carboxylic acids is 1. The molecule has 2 N–H and O–H groups in total. The Morgan fingerprint density at radius 3 is 2.20 bits per heavy atom. The van der Waals surface area contributed by atoms with Crippen LogP contribution in [0.4, 0.5) is 0 Å². The van der Waals surface area contributed by atoms with Crippen molar-refractivity contribution in [2.24, 2.45) is 5.92 Å². The van der Waals surface area contributed by atoms with Gasteiger partial charge in [-0.3, -0.25) is 4.79 Å². The van der Waals surface area contributed by atoms with Crippen LogP contribution in [-0.4, -0.2) is 16.2 Å². The Balaban J connectivity index is 2.82. The third kappa shape index (κ3) is 2.80. The summed E-state index contributed by atoms with van der Waals surface area (Å²) in [5, 5.41) is 17.7. The van der Waals surface area contributed by atoms with Crippen LogP contribution in [0.3, 0.4) is 0 Å². The number of aliphatic hydroxyl groups excluding tert-OH is 1. The number of carboxylic acids is 1. The van der Waals surface area contributed by atoms with Crippen LogP contribution in [0.5, 0.6) is 0 Å².